The first-order valence-corrected chi connectivity index (χ1v) is 10.1. The zero-order chi connectivity index (χ0) is 21.6. The number of aromatic nitrogens is 2. The first-order valence-electron chi connectivity index (χ1n) is 10.1. The molecule has 0 unspecified atom stereocenters. The third-order valence-electron chi connectivity index (χ3n) is 5.33. The number of hydrogen-bond donors (Lipinski definition) is 0. The number of nitro benzene ring substituents is 1. The van der Waals surface area contributed by atoms with Crippen molar-refractivity contribution in [1.82, 2.24) is 19.9 Å². The second-order valence-electron chi connectivity index (χ2n) is 7.53. The van der Waals surface area contributed by atoms with Crippen molar-refractivity contribution in [1.29, 1.82) is 5.26 Å². The predicted octanol–water partition coefficient (Wildman–Crippen LogP) is 3.22. The van der Waals surface area contributed by atoms with Crippen molar-refractivity contribution < 1.29 is 9.45 Å². The molecular weight excluding hydrogens is 396 g/mol. The molecule has 0 atom stereocenters. The number of nitro groups is 1. The molecule has 1 aromatic heterocycles. The van der Waals surface area contributed by atoms with Crippen LogP contribution in [0.4, 0.5) is 5.69 Å². The van der Waals surface area contributed by atoms with Crippen molar-refractivity contribution in [3.05, 3.63) is 75.7 Å². The van der Waals surface area contributed by atoms with Crippen LogP contribution in [0.3, 0.4) is 0 Å². The van der Waals surface area contributed by atoms with E-state index in [-0.39, 0.29) is 5.69 Å². The van der Waals surface area contributed by atoms with Crippen LogP contribution in [0.2, 0.25) is 0 Å². The van der Waals surface area contributed by atoms with Crippen LogP contribution in [-0.2, 0) is 13.1 Å². The number of rotatable bonds is 6. The Morgan fingerprint density at radius 3 is 2.32 bits per heavy atom. The van der Waals surface area contributed by atoms with Gasteiger partial charge in [0.05, 0.1) is 23.1 Å². The van der Waals surface area contributed by atoms with Gasteiger partial charge in [0, 0.05) is 37.3 Å². The van der Waals surface area contributed by atoms with E-state index in [0.717, 1.165) is 39.1 Å². The molecule has 0 saturated carbocycles. The number of nitriles is 1. The second-order valence-corrected chi connectivity index (χ2v) is 7.53. The number of hydrogen-bond acceptors (Lipinski definition) is 8. The van der Waals surface area contributed by atoms with E-state index in [9.17, 15) is 10.1 Å². The SMILES string of the molecule is N#Cc1ccc(CN2CCCN(Cc3nc(-c4ccc([N+](=O)[O-])cc4)no3)CC2)cc1. The summed E-state index contributed by atoms with van der Waals surface area (Å²) >= 11 is 0. The largest absolute Gasteiger partial charge is 0.338 e. The highest BCUT2D eigenvalue weighted by Gasteiger charge is 2.18. The first-order chi connectivity index (χ1) is 15.1. The lowest BCUT2D eigenvalue weighted by atomic mass is 10.1. The maximum Gasteiger partial charge on any atom is 0.269 e. The summed E-state index contributed by atoms with van der Waals surface area (Å²) in [5.41, 5.74) is 2.60. The fraction of sp³-hybridized carbons (Fsp3) is 0.318. The lowest BCUT2D eigenvalue weighted by Gasteiger charge is -2.21. The van der Waals surface area contributed by atoms with E-state index in [4.69, 9.17) is 9.78 Å². The lowest BCUT2D eigenvalue weighted by molar-refractivity contribution is -0.384. The van der Waals surface area contributed by atoms with Crippen LogP contribution in [-0.4, -0.2) is 51.0 Å². The fourth-order valence-electron chi connectivity index (χ4n) is 3.64. The molecule has 0 amide bonds. The Kier molecular flexibility index (Phi) is 6.31. The molecule has 1 aliphatic heterocycles. The summed E-state index contributed by atoms with van der Waals surface area (Å²) in [7, 11) is 0. The Hall–Kier alpha value is -3.61. The van der Waals surface area contributed by atoms with Crippen LogP contribution in [0.5, 0.6) is 0 Å². The molecule has 0 spiro atoms. The molecule has 1 aliphatic rings. The molecule has 2 heterocycles. The quantitative estimate of drug-likeness (QED) is 0.443. The van der Waals surface area contributed by atoms with Gasteiger partial charge in [-0.2, -0.15) is 10.2 Å². The van der Waals surface area contributed by atoms with E-state index < -0.39 is 4.92 Å². The van der Waals surface area contributed by atoms with Gasteiger partial charge in [-0.1, -0.05) is 17.3 Å². The van der Waals surface area contributed by atoms with Gasteiger partial charge in [-0.15, -0.1) is 0 Å². The van der Waals surface area contributed by atoms with E-state index in [2.05, 4.69) is 26.0 Å². The van der Waals surface area contributed by atoms with Gasteiger partial charge in [0.25, 0.3) is 5.69 Å². The molecule has 31 heavy (non-hydrogen) atoms. The van der Waals surface area contributed by atoms with Gasteiger partial charge >= 0.3 is 0 Å². The van der Waals surface area contributed by atoms with Crippen molar-refractivity contribution in [2.45, 2.75) is 19.5 Å². The molecule has 0 bridgehead atoms. The van der Waals surface area contributed by atoms with Crippen molar-refractivity contribution >= 4 is 5.69 Å². The zero-order valence-electron chi connectivity index (χ0n) is 17.0. The van der Waals surface area contributed by atoms with E-state index >= 15 is 0 Å². The van der Waals surface area contributed by atoms with Crippen LogP contribution in [0.1, 0.15) is 23.4 Å². The molecule has 0 aliphatic carbocycles. The number of nitrogens with zero attached hydrogens (tertiary/aromatic N) is 6. The van der Waals surface area contributed by atoms with Gasteiger partial charge in [0.1, 0.15) is 0 Å². The highest BCUT2D eigenvalue weighted by Crippen LogP contribution is 2.20. The minimum Gasteiger partial charge on any atom is -0.338 e. The highest BCUT2D eigenvalue weighted by atomic mass is 16.6. The van der Waals surface area contributed by atoms with E-state index in [1.807, 2.05) is 24.3 Å². The minimum atomic E-state index is -0.435. The summed E-state index contributed by atoms with van der Waals surface area (Å²) in [5.74, 6) is 0.969. The molecular formula is C22H22N6O3. The predicted molar refractivity (Wildman–Crippen MR) is 113 cm³/mol. The smallest absolute Gasteiger partial charge is 0.269 e. The summed E-state index contributed by atoms with van der Waals surface area (Å²) in [4.78, 5) is 19.5. The summed E-state index contributed by atoms with van der Waals surface area (Å²) < 4.78 is 5.41. The monoisotopic (exact) mass is 418 g/mol. The molecule has 1 saturated heterocycles. The van der Waals surface area contributed by atoms with Crippen molar-refractivity contribution in [2.24, 2.45) is 0 Å². The maximum absolute atomic E-state index is 10.8. The number of benzene rings is 2. The van der Waals surface area contributed by atoms with Gasteiger partial charge < -0.3 is 4.52 Å². The molecule has 4 rings (SSSR count). The van der Waals surface area contributed by atoms with Crippen LogP contribution in [0.25, 0.3) is 11.4 Å². The molecule has 2 aromatic carbocycles. The topological polar surface area (TPSA) is 112 Å². The Morgan fingerprint density at radius 1 is 1.00 bits per heavy atom. The summed E-state index contributed by atoms with van der Waals surface area (Å²) in [5, 5.41) is 23.7. The van der Waals surface area contributed by atoms with E-state index in [1.165, 1.54) is 17.7 Å². The van der Waals surface area contributed by atoms with Gasteiger partial charge in [-0.25, -0.2) is 0 Å². The van der Waals surface area contributed by atoms with Gasteiger partial charge in [-0.05, 0) is 49.3 Å². The van der Waals surface area contributed by atoms with Crippen LogP contribution in [0.15, 0.2) is 53.1 Å². The second kappa shape index (κ2) is 9.47. The van der Waals surface area contributed by atoms with Crippen molar-refractivity contribution in [2.75, 3.05) is 26.2 Å². The van der Waals surface area contributed by atoms with Crippen LogP contribution >= 0.6 is 0 Å². The van der Waals surface area contributed by atoms with E-state index in [0.29, 0.717) is 29.4 Å². The fourth-order valence-corrected chi connectivity index (χ4v) is 3.64. The van der Waals surface area contributed by atoms with Gasteiger partial charge in [-0.3, -0.25) is 19.9 Å². The van der Waals surface area contributed by atoms with Gasteiger partial charge in [0.2, 0.25) is 11.7 Å². The number of non-ortho nitro benzene ring substituents is 1. The average molecular weight is 418 g/mol. The third kappa shape index (κ3) is 5.31. The zero-order valence-corrected chi connectivity index (χ0v) is 17.0. The molecule has 0 N–H and O–H groups in total. The Balaban J connectivity index is 1.32. The third-order valence-corrected chi connectivity index (χ3v) is 5.33. The maximum atomic E-state index is 10.8. The Labute approximate surface area is 179 Å². The first kappa shape index (κ1) is 20.7. The van der Waals surface area contributed by atoms with Gasteiger partial charge in [0.15, 0.2) is 0 Å². The van der Waals surface area contributed by atoms with Crippen LogP contribution in [0, 0.1) is 21.4 Å². The Morgan fingerprint density at radius 2 is 1.68 bits per heavy atom. The summed E-state index contributed by atoms with van der Waals surface area (Å²) in [6, 6.07) is 16.0. The molecule has 9 nitrogen and oxygen atoms in total. The molecule has 0 radical (unpaired) electrons. The lowest BCUT2D eigenvalue weighted by Crippen LogP contribution is -2.30. The van der Waals surface area contributed by atoms with E-state index in [1.54, 1.807) is 12.1 Å². The van der Waals surface area contributed by atoms with Crippen LogP contribution < -0.4 is 0 Å². The molecule has 9 heteroatoms. The highest BCUT2D eigenvalue weighted by molar-refractivity contribution is 5.56. The Bertz CT molecular complexity index is 1070. The normalized spacial score (nSPS) is 15.3. The summed E-state index contributed by atoms with van der Waals surface area (Å²) in [6.07, 6.45) is 1.04. The molecule has 1 fully saturated rings. The molecule has 3 aromatic rings. The standard InChI is InChI=1S/C22H22N6O3/c23-14-17-2-4-18(5-3-17)15-26-10-1-11-27(13-12-26)16-21-24-22(25-31-21)19-6-8-20(9-7-19)28(29)30/h2-9H,1,10-13,15-16H2. The molecule has 158 valence electrons. The summed E-state index contributed by atoms with van der Waals surface area (Å²) in [6.45, 7) is 5.22. The average Bonchev–Trinajstić information content (AvgIpc) is 3.15. The van der Waals surface area contributed by atoms with Crippen molar-refractivity contribution in [3.63, 3.8) is 0 Å². The minimum absolute atomic E-state index is 0.0302. The van der Waals surface area contributed by atoms with Crippen molar-refractivity contribution in [3.8, 4) is 17.5 Å².